The monoisotopic (exact) mass is 300 g/mol. The molecule has 1 amide bonds. The maximum absolute atomic E-state index is 12.4. The number of aromatic nitrogens is 4. The first-order chi connectivity index (χ1) is 10.6. The summed E-state index contributed by atoms with van der Waals surface area (Å²) in [6.07, 6.45) is 0.975. The standard InChI is InChI=1S/C15H20N6O/c1-8(2)10-7-11(10)15(22)17-13-6-9(4-5-12(13)16-3)14-18-20-21-19-14/h4-6,8,10-11,16H,7H2,1-3H3,(H,17,22)(H,18,19,20,21)/t10-,11+/m0/s1. The van der Waals surface area contributed by atoms with E-state index in [1.54, 1.807) is 0 Å². The number of rotatable bonds is 5. The molecule has 0 unspecified atom stereocenters. The molecule has 7 nitrogen and oxygen atoms in total. The fraction of sp³-hybridized carbons (Fsp3) is 0.467. The number of aromatic amines is 1. The molecule has 0 spiro atoms. The minimum absolute atomic E-state index is 0.0838. The van der Waals surface area contributed by atoms with Gasteiger partial charge in [-0.3, -0.25) is 4.79 Å². The lowest BCUT2D eigenvalue weighted by molar-refractivity contribution is -0.117. The number of hydrogen-bond acceptors (Lipinski definition) is 5. The SMILES string of the molecule is CNc1ccc(-c2nn[nH]n2)cc1NC(=O)[C@@H]1C[C@H]1C(C)C. The van der Waals surface area contributed by atoms with Crippen LogP contribution in [0.25, 0.3) is 11.4 Å². The normalized spacial score (nSPS) is 20.0. The molecule has 1 saturated carbocycles. The van der Waals surface area contributed by atoms with Crippen molar-refractivity contribution in [3.05, 3.63) is 18.2 Å². The lowest BCUT2D eigenvalue weighted by Crippen LogP contribution is -2.16. The van der Waals surface area contributed by atoms with Crippen molar-refractivity contribution in [2.45, 2.75) is 20.3 Å². The van der Waals surface area contributed by atoms with Crippen LogP contribution in [0.15, 0.2) is 18.2 Å². The molecule has 2 atom stereocenters. The molecule has 0 bridgehead atoms. The molecule has 116 valence electrons. The van der Waals surface area contributed by atoms with Crippen LogP contribution >= 0.6 is 0 Å². The third-order valence-electron chi connectivity index (χ3n) is 4.18. The van der Waals surface area contributed by atoms with Gasteiger partial charge in [-0.1, -0.05) is 13.8 Å². The maximum atomic E-state index is 12.4. The predicted octanol–water partition coefficient (Wildman–Crippen LogP) is 2.14. The Bertz CT molecular complexity index is 667. The number of H-pyrrole nitrogens is 1. The van der Waals surface area contributed by atoms with Gasteiger partial charge in [0.05, 0.1) is 11.4 Å². The van der Waals surface area contributed by atoms with Crippen LogP contribution < -0.4 is 10.6 Å². The molecule has 3 N–H and O–H groups in total. The zero-order chi connectivity index (χ0) is 15.7. The lowest BCUT2D eigenvalue weighted by Gasteiger charge is -2.12. The van der Waals surface area contributed by atoms with Crippen molar-refractivity contribution in [1.29, 1.82) is 0 Å². The highest BCUT2D eigenvalue weighted by molar-refractivity contribution is 5.98. The van der Waals surface area contributed by atoms with Crippen LogP contribution in [-0.2, 0) is 4.79 Å². The fourth-order valence-corrected chi connectivity index (χ4v) is 2.77. The van der Waals surface area contributed by atoms with Crippen LogP contribution in [0.5, 0.6) is 0 Å². The fourth-order valence-electron chi connectivity index (χ4n) is 2.77. The Kier molecular flexibility index (Phi) is 3.79. The van der Waals surface area contributed by atoms with Gasteiger partial charge in [-0.25, -0.2) is 0 Å². The van der Waals surface area contributed by atoms with E-state index in [0.717, 1.165) is 23.4 Å². The van der Waals surface area contributed by atoms with E-state index in [9.17, 15) is 4.79 Å². The van der Waals surface area contributed by atoms with E-state index in [1.165, 1.54) is 0 Å². The van der Waals surface area contributed by atoms with Gasteiger partial charge >= 0.3 is 0 Å². The van der Waals surface area contributed by atoms with E-state index in [4.69, 9.17) is 0 Å². The number of nitrogens with one attached hydrogen (secondary N) is 3. The molecule has 1 aromatic heterocycles. The molecule has 1 aliphatic rings. The number of anilines is 2. The molecule has 7 heteroatoms. The first-order valence-corrected chi connectivity index (χ1v) is 7.46. The van der Waals surface area contributed by atoms with Crippen LogP contribution in [0, 0.1) is 17.8 Å². The number of hydrogen-bond donors (Lipinski definition) is 3. The molecule has 1 fully saturated rings. The summed E-state index contributed by atoms with van der Waals surface area (Å²) in [6.45, 7) is 4.32. The summed E-state index contributed by atoms with van der Waals surface area (Å²) in [5, 5.41) is 20.0. The molecule has 3 rings (SSSR count). The van der Waals surface area contributed by atoms with Crippen LogP contribution in [0.1, 0.15) is 20.3 Å². The second-order valence-electron chi connectivity index (χ2n) is 5.99. The summed E-state index contributed by atoms with van der Waals surface area (Å²) in [5.41, 5.74) is 2.41. The molecule has 0 saturated heterocycles. The molecular weight excluding hydrogens is 280 g/mol. The van der Waals surface area contributed by atoms with Gasteiger partial charge < -0.3 is 10.6 Å². The second-order valence-corrected chi connectivity index (χ2v) is 5.99. The largest absolute Gasteiger partial charge is 0.386 e. The molecular formula is C15H20N6O. The highest BCUT2D eigenvalue weighted by Gasteiger charge is 2.44. The van der Waals surface area contributed by atoms with E-state index in [0.29, 0.717) is 17.7 Å². The van der Waals surface area contributed by atoms with Crippen molar-refractivity contribution < 1.29 is 4.79 Å². The van der Waals surface area contributed by atoms with Crippen LogP contribution in [-0.4, -0.2) is 33.6 Å². The Labute approximate surface area is 128 Å². The Balaban J connectivity index is 1.80. The highest BCUT2D eigenvalue weighted by Crippen LogP contribution is 2.45. The third kappa shape index (κ3) is 2.79. The van der Waals surface area contributed by atoms with Crippen LogP contribution in [0.3, 0.4) is 0 Å². The maximum Gasteiger partial charge on any atom is 0.227 e. The van der Waals surface area contributed by atoms with Crippen LogP contribution in [0.2, 0.25) is 0 Å². The number of tetrazole rings is 1. The Morgan fingerprint density at radius 3 is 2.77 bits per heavy atom. The van der Waals surface area contributed by atoms with Crippen molar-refractivity contribution in [3.63, 3.8) is 0 Å². The molecule has 1 heterocycles. The molecule has 1 aliphatic carbocycles. The first-order valence-electron chi connectivity index (χ1n) is 7.46. The van der Waals surface area contributed by atoms with Crippen molar-refractivity contribution in [3.8, 4) is 11.4 Å². The first kappa shape index (κ1) is 14.5. The van der Waals surface area contributed by atoms with E-state index in [2.05, 4.69) is 45.1 Å². The van der Waals surface area contributed by atoms with E-state index >= 15 is 0 Å². The number of benzene rings is 1. The van der Waals surface area contributed by atoms with Gasteiger partial charge in [0.1, 0.15) is 0 Å². The Morgan fingerprint density at radius 2 is 2.18 bits per heavy atom. The Morgan fingerprint density at radius 1 is 1.36 bits per heavy atom. The van der Waals surface area contributed by atoms with E-state index < -0.39 is 0 Å². The molecule has 1 aromatic carbocycles. The summed E-state index contributed by atoms with van der Waals surface area (Å²) in [7, 11) is 1.83. The van der Waals surface area contributed by atoms with Gasteiger partial charge in [-0.15, -0.1) is 10.2 Å². The number of carbonyl (C=O) groups is 1. The molecule has 0 aliphatic heterocycles. The van der Waals surface area contributed by atoms with Gasteiger partial charge in [-0.2, -0.15) is 5.21 Å². The molecule has 2 aromatic rings. The predicted molar refractivity (Wildman–Crippen MR) is 84.2 cm³/mol. The number of nitrogens with zero attached hydrogens (tertiary/aromatic N) is 3. The zero-order valence-corrected chi connectivity index (χ0v) is 12.9. The lowest BCUT2D eigenvalue weighted by atomic mass is 10.1. The summed E-state index contributed by atoms with van der Waals surface area (Å²) < 4.78 is 0. The minimum atomic E-state index is 0.0838. The van der Waals surface area contributed by atoms with Gasteiger partial charge in [-0.05, 0) is 41.7 Å². The number of carbonyl (C=O) groups excluding carboxylic acids is 1. The van der Waals surface area contributed by atoms with Gasteiger partial charge in [0.2, 0.25) is 11.7 Å². The van der Waals surface area contributed by atoms with Gasteiger partial charge in [0.15, 0.2) is 0 Å². The van der Waals surface area contributed by atoms with Crippen molar-refractivity contribution in [2.24, 2.45) is 17.8 Å². The van der Waals surface area contributed by atoms with Gasteiger partial charge in [0, 0.05) is 18.5 Å². The van der Waals surface area contributed by atoms with Crippen molar-refractivity contribution >= 4 is 17.3 Å². The van der Waals surface area contributed by atoms with Crippen molar-refractivity contribution in [2.75, 3.05) is 17.7 Å². The Hall–Kier alpha value is -2.44. The van der Waals surface area contributed by atoms with Gasteiger partial charge in [0.25, 0.3) is 0 Å². The number of amides is 1. The topological polar surface area (TPSA) is 95.6 Å². The smallest absolute Gasteiger partial charge is 0.227 e. The second kappa shape index (κ2) is 5.75. The summed E-state index contributed by atoms with van der Waals surface area (Å²) in [5.74, 6) is 1.76. The molecule has 22 heavy (non-hydrogen) atoms. The summed E-state index contributed by atoms with van der Waals surface area (Å²) in [6, 6.07) is 5.65. The zero-order valence-electron chi connectivity index (χ0n) is 12.9. The minimum Gasteiger partial charge on any atom is -0.386 e. The quantitative estimate of drug-likeness (QED) is 0.786. The third-order valence-corrected chi connectivity index (χ3v) is 4.18. The summed E-state index contributed by atoms with van der Waals surface area (Å²) >= 11 is 0. The molecule has 0 radical (unpaired) electrons. The van der Waals surface area contributed by atoms with Crippen molar-refractivity contribution in [1.82, 2.24) is 20.6 Å². The average Bonchev–Trinajstić information content (AvgIpc) is 3.14. The van der Waals surface area contributed by atoms with E-state index in [1.807, 2.05) is 25.2 Å². The van der Waals surface area contributed by atoms with E-state index in [-0.39, 0.29) is 11.8 Å². The van der Waals surface area contributed by atoms with Crippen LogP contribution in [0.4, 0.5) is 11.4 Å². The average molecular weight is 300 g/mol. The summed E-state index contributed by atoms with van der Waals surface area (Å²) in [4.78, 5) is 12.4. The highest BCUT2D eigenvalue weighted by atomic mass is 16.2.